The number of carbonyl (C=O) groups excluding carboxylic acids is 3. The Morgan fingerprint density at radius 1 is 1.21 bits per heavy atom. The number of anilines is 1. The molecule has 4 aliphatic rings. The van der Waals surface area contributed by atoms with Crippen molar-refractivity contribution in [1.82, 2.24) is 5.32 Å². The lowest BCUT2D eigenvalue weighted by atomic mass is 9.47. The summed E-state index contributed by atoms with van der Waals surface area (Å²) in [4.78, 5) is 36.9. The fourth-order valence-corrected chi connectivity index (χ4v) is 6.26. The minimum atomic E-state index is -0.633. The quantitative estimate of drug-likeness (QED) is 0.712. The van der Waals surface area contributed by atoms with Crippen molar-refractivity contribution in [1.29, 1.82) is 0 Å². The molecule has 0 radical (unpaired) electrons. The van der Waals surface area contributed by atoms with Crippen molar-refractivity contribution in [2.24, 2.45) is 17.3 Å². The van der Waals surface area contributed by atoms with Crippen LogP contribution in [-0.4, -0.2) is 29.9 Å². The molecule has 29 heavy (non-hydrogen) atoms. The van der Waals surface area contributed by atoms with E-state index in [1.807, 2.05) is 0 Å². The van der Waals surface area contributed by atoms with E-state index in [1.165, 1.54) is 19.1 Å². The first kappa shape index (κ1) is 20.1. The zero-order chi connectivity index (χ0) is 20.8. The Kier molecular flexibility index (Phi) is 5.05. The summed E-state index contributed by atoms with van der Waals surface area (Å²) in [6.07, 6.45) is 4.97. The maximum absolute atomic E-state index is 13.2. The van der Waals surface area contributed by atoms with Crippen LogP contribution in [-0.2, 0) is 19.1 Å². The second-order valence-corrected chi connectivity index (χ2v) is 9.36. The Labute approximate surface area is 173 Å². The molecule has 4 aliphatic carbocycles. The van der Waals surface area contributed by atoms with Gasteiger partial charge in [0.05, 0.1) is 10.4 Å². The molecule has 4 saturated carbocycles. The van der Waals surface area contributed by atoms with Crippen LogP contribution in [0.4, 0.5) is 10.1 Å². The van der Waals surface area contributed by atoms with Gasteiger partial charge in [-0.3, -0.25) is 14.4 Å². The molecule has 0 aliphatic heterocycles. The van der Waals surface area contributed by atoms with Gasteiger partial charge in [0.1, 0.15) is 5.82 Å². The van der Waals surface area contributed by atoms with Gasteiger partial charge < -0.3 is 15.4 Å². The lowest BCUT2D eigenvalue weighted by molar-refractivity contribution is -0.176. The lowest BCUT2D eigenvalue weighted by Gasteiger charge is -2.60. The first-order valence-corrected chi connectivity index (χ1v) is 10.3. The summed E-state index contributed by atoms with van der Waals surface area (Å²) in [7, 11) is 0. The van der Waals surface area contributed by atoms with Crippen molar-refractivity contribution in [2.75, 3.05) is 11.9 Å². The summed E-state index contributed by atoms with van der Waals surface area (Å²) in [5.41, 5.74) is -0.634. The van der Waals surface area contributed by atoms with Gasteiger partial charge in [-0.15, -0.1) is 0 Å². The topological polar surface area (TPSA) is 84.5 Å². The second kappa shape index (κ2) is 7.27. The molecule has 1 aromatic rings. The predicted octanol–water partition coefficient (Wildman–Crippen LogP) is 3.44. The highest BCUT2D eigenvalue weighted by molar-refractivity contribution is 6.31. The molecule has 0 aromatic heterocycles. The number of hydrogen-bond donors (Lipinski definition) is 2. The van der Waals surface area contributed by atoms with Gasteiger partial charge in [0.15, 0.2) is 6.61 Å². The minimum Gasteiger partial charge on any atom is -0.455 e. The fourth-order valence-electron chi connectivity index (χ4n) is 6.08. The summed E-state index contributed by atoms with van der Waals surface area (Å²) in [5, 5.41) is 5.55. The van der Waals surface area contributed by atoms with Gasteiger partial charge in [-0.1, -0.05) is 11.6 Å². The first-order chi connectivity index (χ1) is 13.7. The van der Waals surface area contributed by atoms with Crippen molar-refractivity contribution in [3.8, 4) is 0 Å². The third-order valence-electron chi connectivity index (χ3n) is 6.47. The SMILES string of the molecule is CC(=O)NC12CC3CC(C1)CC(C(=O)OCC(=O)Nc1ccc(F)c(Cl)c1)(C3)C2. The molecular weight excluding hydrogens is 399 g/mol. The minimum absolute atomic E-state index is 0.0761. The highest BCUT2D eigenvalue weighted by Gasteiger charge is 2.61. The summed E-state index contributed by atoms with van der Waals surface area (Å²) in [5.74, 6) is -0.744. The Morgan fingerprint density at radius 2 is 1.90 bits per heavy atom. The van der Waals surface area contributed by atoms with E-state index in [-0.39, 0.29) is 22.4 Å². The maximum Gasteiger partial charge on any atom is 0.312 e. The van der Waals surface area contributed by atoms with Crippen molar-refractivity contribution in [3.63, 3.8) is 0 Å². The molecule has 5 rings (SSSR count). The van der Waals surface area contributed by atoms with Gasteiger partial charge in [-0.2, -0.15) is 0 Å². The van der Waals surface area contributed by atoms with E-state index in [0.29, 0.717) is 23.9 Å². The van der Waals surface area contributed by atoms with Crippen LogP contribution in [0, 0.1) is 23.1 Å². The molecule has 0 heterocycles. The Bertz CT molecular complexity index is 860. The van der Waals surface area contributed by atoms with Crippen LogP contribution >= 0.6 is 11.6 Å². The number of hydrogen-bond acceptors (Lipinski definition) is 4. The zero-order valence-electron chi connectivity index (χ0n) is 16.2. The maximum atomic E-state index is 13.2. The van der Waals surface area contributed by atoms with Crippen LogP contribution in [0.15, 0.2) is 18.2 Å². The van der Waals surface area contributed by atoms with Crippen LogP contribution < -0.4 is 10.6 Å². The smallest absolute Gasteiger partial charge is 0.312 e. The highest BCUT2D eigenvalue weighted by Crippen LogP contribution is 2.62. The number of carbonyl (C=O) groups is 3. The summed E-state index contributed by atoms with van der Waals surface area (Å²) < 4.78 is 18.6. The van der Waals surface area contributed by atoms with E-state index in [9.17, 15) is 18.8 Å². The number of nitrogens with one attached hydrogen (secondary N) is 2. The standard InChI is InChI=1S/C21H24ClFN2O4/c1-12(26)25-21-8-13-4-14(9-21)7-20(6-13,11-21)19(28)29-10-18(27)24-15-2-3-17(23)16(22)5-15/h2-3,5,13-14H,4,6-11H2,1H3,(H,24,27)(H,25,26). The van der Waals surface area contributed by atoms with Crippen molar-refractivity contribution in [3.05, 3.63) is 29.0 Å². The van der Waals surface area contributed by atoms with Gasteiger partial charge in [-0.25, -0.2) is 4.39 Å². The Morgan fingerprint density at radius 3 is 2.52 bits per heavy atom. The number of esters is 1. The molecule has 2 atom stereocenters. The number of rotatable bonds is 5. The molecule has 0 saturated heterocycles. The largest absolute Gasteiger partial charge is 0.455 e. The van der Waals surface area contributed by atoms with E-state index in [0.717, 1.165) is 38.2 Å². The zero-order valence-corrected chi connectivity index (χ0v) is 17.0. The molecule has 156 valence electrons. The normalized spacial score (nSPS) is 32.0. The van der Waals surface area contributed by atoms with E-state index < -0.39 is 23.7 Å². The Balaban J connectivity index is 1.39. The molecule has 8 heteroatoms. The average Bonchev–Trinajstić information content (AvgIpc) is 2.60. The lowest BCUT2D eigenvalue weighted by Crippen LogP contribution is -2.64. The third kappa shape index (κ3) is 3.97. The van der Waals surface area contributed by atoms with E-state index >= 15 is 0 Å². The van der Waals surface area contributed by atoms with Gasteiger partial charge in [0.2, 0.25) is 5.91 Å². The monoisotopic (exact) mass is 422 g/mol. The third-order valence-corrected chi connectivity index (χ3v) is 6.76. The molecule has 0 spiro atoms. The fraction of sp³-hybridized carbons (Fsp3) is 0.571. The molecular formula is C21H24ClFN2O4. The summed E-state index contributed by atoms with van der Waals surface area (Å²) in [6.45, 7) is 1.09. The van der Waals surface area contributed by atoms with E-state index in [1.54, 1.807) is 0 Å². The molecule has 2 N–H and O–H groups in total. The van der Waals surface area contributed by atoms with Crippen LogP contribution in [0.5, 0.6) is 0 Å². The van der Waals surface area contributed by atoms with E-state index in [4.69, 9.17) is 16.3 Å². The van der Waals surface area contributed by atoms with Gasteiger partial charge in [0.25, 0.3) is 5.91 Å². The highest BCUT2D eigenvalue weighted by atomic mass is 35.5. The van der Waals surface area contributed by atoms with Crippen LogP contribution in [0.3, 0.4) is 0 Å². The molecule has 2 amide bonds. The summed E-state index contributed by atoms with van der Waals surface area (Å²) >= 11 is 5.71. The first-order valence-electron chi connectivity index (χ1n) is 9.90. The van der Waals surface area contributed by atoms with Crippen molar-refractivity contribution < 1.29 is 23.5 Å². The predicted molar refractivity (Wildman–Crippen MR) is 105 cm³/mol. The van der Waals surface area contributed by atoms with Crippen LogP contribution in [0.1, 0.15) is 45.4 Å². The summed E-state index contributed by atoms with van der Waals surface area (Å²) in [6, 6.07) is 3.84. The molecule has 6 nitrogen and oxygen atoms in total. The average molecular weight is 423 g/mol. The van der Waals surface area contributed by atoms with Gasteiger partial charge in [0, 0.05) is 18.2 Å². The van der Waals surface area contributed by atoms with Crippen molar-refractivity contribution in [2.45, 2.75) is 51.0 Å². The molecule has 1 aromatic carbocycles. The molecule has 4 bridgehead atoms. The number of halogens is 2. The molecule has 4 fully saturated rings. The Hall–Kier alpha value is -2.15. The van der Waals surface area contributed by atoms with Crippen LogP contribution in [0.2, 0.25) is 5.02 Å². The number of benzene rings is 1. The van der Waals surface area contributed by atoms with E-state index in [2.05, 4.69) is 10.6 Å². The van der Waals surface area contributed by atoms with Crippen molar-refractivity contribution >= 4 is 35.1 Å². The second-order valence-electron chi connectivity index (χ2n) is 8.96. The van der Waals surface area contributed by atoms with Crippen LogP contribution in [0.25, 0.3) is 0 Å². The number of amides is 2. The molecule has 2 unspecified atom stereocenters. The van der Waals surface area contributed by atoms with Gasteiger partial charge in [-0.05, 0) is 68.6 Å². The van der Waals surface area contributed by atoms with Gasteiger partial charge >= 0.3 is 5.97 Å². The number of ether oxygens (including phenoxy) is 1.